The van der Waals surface area contributed by atoms with Gasteiger partial charge >= 0.3 is 0 Å². The first-order chi connectivity index (χ1) is 11.2. The number of nitrogens with zero attached hydrogens (tertiary/aromatic N) is 3. The lowest BCUT2D eigenvalue weighted by molar-refractivity contribution is 0.334. The summed E-state index contributed by atoms with van der Waals surface area (Å²) in [6.45, 7) is 1.94. The van der Waals surface area contributed by atoms with Gasteiger partial charge in [-0.15, -0.1) is 0 Å². The average Bonchev–Trinajstić information content (AvgIpc) is 2.52. The Morgan fingerprint density at radius 2 is 1.83 bits per heavy atom. The van der Waals surface area contributed by atoms with E-state index in [4.69, 9.17) is 26.8 Å². The number of sulfonamides is 1. The molecule has 1 heterocycles. The summed E-state index contributed by atoms with van der Waals surface area (Å²) in [4.78, 5) is 8.67. The van der Waals surface area contributed by atoms with Crippen LogP contribution in [0.5, 0.6) is 11.8 Å². The maximum Gasteiger partial charge on any atom is 0.278 e. The van der Waals surface area contributed by atoms with E-state index in [-0.39, 0.29) is 35.6 Å². The molecular formula is C14H19ClN4O4S. The van der Waals surface area contributed by atoms with E-state index < -0.39 is 10.0 Å². The maximum atomic E-state index is 12.2. The first kappa shape index (κ1) is 18.5. The highest BCUT2D eigenvalue weighted by atomic mass is 35.5. The second-order valence-corrected chi connectivity index (χ2v) is 7.37. The van der Waals surface area contributed by atoms with Crippen molar-refractivity contribution in [2.45, 2.75) is 6.92 Å². The van der Waals surface area contributed by atoms with E-state index in [0.29, 0.717) is 16.6 Å². The minimum Gasteiger partial charge on any atom is -0.477 e. The molecule has 2 aromatic rings. The molecule has 0 amide bonds. The van der Waals surface area contributed by atoms with Crippen LogP contribution in [0.2, 0.25) is 5.02 Å². The first-order valence-corrected chi connectivity index (χ1v) is 9.23. The third-order valence-corrected chi connectivity index (χ3v) is 5.00. The monoisotopic (exact) mass is 374 g/mol. The highest BCUT2D eigenvalue weighted by Gasteiger charge is 2.25. The summed E-state index contributed by atoms with van der Waals surface area (Å²) in [5.41, 5.74) is 7.19. The third-order valence-electron chi connectivity index (χ3n) is 3.36. The van der Waals surface area contributed by atoms with Gasteiger partial charge < -0.3 is 15.2 Å². The molecule has 0 atom stereocenters. The number of aryl methyl sites for hydroxylation is 1. The Labute approximate surface area is 145 Å². The zero-order valence-corrected chi connectivity index (χ0v) is 15.4. The number of hydrogen-bond acceptors (Lipinski definition) is 7. The van der Waals surface area contributed by atoms with Crippen LogP contribution >= 0.6 is 11.6 Å². The van der Waals surface area contributed by atoms with E-state index in [0.717, 1.165) is 10.6 Å². The van der Waals surface area contributed by atoms with Gasteiger partial charge in [0.1, 0.15) is 5.52 Å². The van der Waals surface area contributed by atoms with Crippen molar-refractivity contribution in [2.24, 2.45) is 5.73 Å². The molecule has 0 bridgehead atoms. The molecule has 0 aliphatic heterocycles. The van der Waals surface area contributed by atoms with Crippen molar-refractivity contribution in [3.63, 3.8) is 0 Å². The number of methoxy groups -OCH3 is 2. The van der Waals surface area contributed by atoms with Gasteiger partial charge in [-0.05, 0) is 18.6 Å². The lowest BCUT2D eigenvalue weighted by Crippen LogP contribution is -2.35. The molecule has 0 aliphatic carbocycles. The Morgan fingerprint density at radius 3 is 2.33 bits per heavy atom. The molecule has 2 rings (SSSR count). The van der Waals surface area contributed by atoms with Crippen LogP contribution in [-0.2, 0) is 10.0 Å². The van der Waals surface area contributed by atoms with Crippen LogP contribution in [0.1, 0.15) is 5.56 Å². The van der Waals surface area contributed by atoms with Gasteiger partial charge in [-0.1, -0.05) is 11.6 Å². The van der Waals surface area contributed by atoms with E-state index in [1.165, 1.54) is 14.2 Å². The van der Waals surface area contributed by atoms with Crippen LogP contribution in [0.15, 0.2) is 6.07 Å². The SMILES string of the molecule is COc1nc2cc(C)c(Cl)c(N(CCN)S(C)(=O)=O)c2nc1OC. The molecule has 0 spiro atoms. The smallest absolute Gasteiger partial charge is 0.278 e. The third kappa shape index (κ3) is 3.33. The minimum atomic E-state index is -3.62. The van der Waals surface area contributed by atoms with E-state index in [9.17, 15) is 8.42 Å². The molecule has 2 N–H and O–H groups in total. The van der Waals surface area contributed by atoms with Gasteiger partial charge in [0.25, 0.3) is 11.8 Å². The predicted molar refractivity (Wildman–Crippen MR) is 93.6 cm³/mol. The molecule has 1 aromatic heterocycles. The van der Waals surface area contributed by atoms with Crippen LogP contribution in [0.3, 0.4) is 0 Å². The van der Waals surface area contributed by atoms with Crippen LogP contribution in [-0.4, -0.2) is 52.0 Å². The summed E-state index contributed by atoms with van der Waals surface area (Å²) in [5, 5.41) is 0.267. The standard InChI is InChI=1S/C14H19ClN4O4S/c1-8-7-9-11(18-14(23-3)13(17-9)22-2)12(10(8)15)19(6-5-16)24(4,20)21/h7H,5-6,16H2,1-4H3. The molecule has 132 valence electrons. The van der Waals surface area contributed by atoms with Crippen LogP contribution in [0.25, 0.3) is 11.0 Å². The average molecular weight is 375 g/mol. The summed E-state index contributed by atoms with van der Waals surface area (Å²) in [6, 6.07) is 1.71. The molecule has 0 saturated carbocycles. The highest BCUT2D eigenvalue weighted by molar-refractivity contribution is 7.92. The van der Waals surface area contributed by atoms with Crippen molar-refractivity contribution in [2.75, 3.05) is 37.9 Å². The summed E-state index contributed by atoms with van der Waals surface area (Å²) < 4.78 is 35.9. The van der Waals surface area contributed by atoms with Gasteiger partial charge in [0.2, 0.25) is 10.0 Å². The largest absolute Gasteiger partial charge is 0.477 e. The van der Waals surface area contributed by atoms with Gasteiger partial charge in [-0.3, -0.25) is 4.31 Å². The van der Waals surface area contributed by atoms with Crippen molar-refractivity contribution in [1.29, 1.82) is 0 Å². The fourth-order valence-corrected chi connectivity index (χ4v) is 3.55. The van der Waals surface area contributed by atoms with Gasteiger partial charge in [0.15, 0.2) is 0 Å². The number of anilines is 1. The van der Waals surface area contributed by atoms with E-state index in [1.54, 1.807) is 13.0 Å². The lowest BCUT2D eigenvalue weighted by atomic mass is 10.1. The van der Waals surface area contributed by atoms with E-state index in [2.05, 4.69) is 9.97 Å². The van der Waals surface area contributed by atoms with Crippen LogP contribution < -0.4 is 19.5 Å². The van der Waals surface area contributed by atoms with Gasteiger partial charge in [-0.2, -0.15) is 0 Å². The number of aromatic nitrogens is 2. The molecular weight excluding hydrogens is 356 g/mol. The normalized spacial score (nSPS) is 11.6. The van der Waals surface area contributed by atoms with Crippen LogP contribution in [0, 0.1) is 6.92 Å². The quantitative estimate of drug-likeness (QED) is 0.812. The Bertz CT molecular complexity index is 873. The van der Waals surface area contributed by atoms with Gasteiger partial charge in [-0.25, -0.2) is 18.4 Å². The second kappa shape index (κ2) is 6.96. The zero-order valence-electron chi connectivity index (χ0n) is 13.8. The Morgan fingerprint density at radius 1 is 1.25 bits per heavy atom. The molecule has 8 nitrogen and oxygen atoms in total. The topological polar surface area (TPSA) is 108 Å². The number of fused-ring (bicyclic) bond motifs is 1. The number of benzene rings is 1. The summed E-state index contributed by atoms with van der Waals surface area (Å²) >= 11 is 6.39. The molecule has 1 aromatic carbocycles. The molecule has 10 heteroatoms. The predicted octanol–water partition coefficient (Wildman–Crippen LogP) is 1.33. The summed E-state index contributed by atoms with van der Waals surface area (Å²) in [5.74, 6) is 0.328. The molecule has 0 unspecified atom stereocenters. The van der Waals surface area contributed by atoms with Crippen molar-refractivity contribution in [3.8, 4) is 11.8 Å². The van der Waals surface area contributed by atoms with Crippen molar-refractivity contribution < 1.29 is 17.9 Å². The fourth-order valence-electron chi connectivity index (χ4n) is 2.31. The van der Waals surface area contributed by atoms with Crippen molar-refractivity contribution in [1.82, 2.24) is 9.97 Å². The highest BCUT2D eigenvalue weighted by Crippen LogP contribution is 2.39. The number of hydrogen-bond donors (Lipinski definition) is 1. The zero-order chi connectivity index (χ0) is 18.1. The van der Waals surface area contributed by atoms with Crippen molar-refractivity contribution >= 4 is 38.3 Å². The number of rotatable bonds is 6. The van der Waals surface area contributed by atoms with E-state index >= 15 is 0 Å². The minimum absolute atomic E-state index is 0.0626. The van der Waals surface area contributed by atoms with E-state index in [1.807, 2.05) is 0 Å². The molecule has 0 saturated heterocycles. The van der Waals surface area contributed by atoms with Crippen LogP contribution in [0.4, 0.5) is 5.69 Å². The van der Waals surface area contributed by atoms with Crippen molar-refractivity contribution in [3.05, 3.63) is 16.7 Å². The number of halogens is 1. The lowest BCUT2D eigenvalue weighted by Gasteiger charge is -2.24. The summed E-state index contributed by atoms with van der Waals surface area (Å²) in [6.07, 6.45) is 1.08. The molecule has 0 fully saturated rings. The molecule has 0 aliphatic rings. The Balaban J connectivity index is 2.91. The fraction of sp³-hybridized carbons (Fsp3) is 0.429. The number of nitrogens with two attached hydrogens (primary N) is 1. The van der Waals surface area contributed by atoms with Gasteiger partial charge in [0.05, 0.1) is 36.7 Å². The number of ether oxygens (including phenoxy) is 2. The molecule has 24 heavy (non-hydrogen) atoms. The second-order valence-electron chi connectivity index (χ2n) is 5.09. The summed E-state index contributed by atoms with van der Waals surface area (Å²) in [7, 11) is -0.755. The Hall–Kier alpha value is -1.84. The first-order valence-electron chi connectivity index (χ1n) is 7.01. The van der Waals surface area contributed by atoms with Gasteiger partial charge in [0, 0.05) is 13.1 Å². The molecule has 0 radical (unpaired) electrons. The Kier molecular flexibility index (Phi) is 5.36. The maximum absolute atomic E-state index is 12.2.